The molecular formula is C13H10ClN5OS. The van der Waals surface area contributed by atoms with Crippen LogP contribution < -0.4 is 10.6 Å². The molecule has 1 amide bonds. The lowest BCUT2D eigenvalue weighted by molar-refractivity contribution is 0.102. The van der Waals surface area contributed by atoms with Gasteiger partial charge in [0, 0.05) is 18.9 Å². The van der Waals surface area contributed by atoms with Crippen molar-refractivity contribution in [3.05, 3.63) is 41.2 Å². The minimum atomic E-state index is -0.352. The molecular weight excluding hydrogens is 310 g/mol. The van der Waals surface area contributed by atoms with Crippen LogP contribution in [-0.2, 0) is 0 Å². The summed E-state index contributed by atoms with van der Waals surface area (Å²) in [5.41, 5.74) is 2.81. The van der Waals surface area contributed by atoms with E-state index in [-0.39, 0.29) is 11.6 Å². The van der Waals surface area contributed by atoms with E-state index in [4.69, 9.17) is 11.6 Å². The van der Waals surface area contributed by atoms with Crippen LogP contribution in [-0.4, -0.2) is 26.7 Å². The third-order valence-electron chi connectivity index (χ3n) is 2.90. The van der Waals surface area contributed by atoms with Gasteiger partial charge >= 0.3 is 0 Å². The lowest BCUT2D eigenvalue weighted by Gasteiger charge is -2.08. The standard InChI is InChI=1S/C13H10ClN5OS/c1-15-7-4-5-16-10(6-7)13(20)17-11-8(14)2-3-9-12(11)19-21-18-9/h2-6H,1H3,(H,15,16)(H,17,20). The zero-order chi connectivity index (χ0) is 14.8. The van der Waals surface area contributed by atoms with E-state index in [9.17, 15) is 4.79 Å². The lowest BCUT2D eigenvalue weighted by Crippen LogP contribution is -2.14. The average molecular weight is 320 g/mol. The van der Waals surface area contributed by atoms with Crippen LogP contribution in [0.2, 0.25) is 5.02 Å². The predicted molar refractivity (Wildman–Crippen MR) is 84.2 cm³/mol. The fourth-order valence-corrected chi connectivity index (χ4v) is 2.58. The van der Waals surface area contributed by atoms with Crippen molar-refractivity contribution in [3.8, 4) is 0 Å². The molecule has 0 aliphatic heterocycles. The van der Waals surface area contributed by atoms with Gasteiger partial charge in [0.2, 0.25) is 0 Å². The Hall–Kier alpha value is -2.25. The maximum atomic E-state index is 12.3. The Labute approximate surface area is 129 Å². The van der Waals surface area contributed by atoms with Gasteiger partial charge in [-0.15, -0.1) is 0 Å². The number of fused-ring (bicyclic) bond motifs is 1. The molecule has 1 aromatic carbocycles. The molecule has 0 atom stereocenters. The number of carbonyl (C=O) groups excluding carboxylic acids is 1. The van der Waals surface area contributed by atoms with Crippen LogP contribution in [0.3, 0.4) is 0 Å². The molecule has 106 valence electrons. The number of nitrogens with zero attached hydrogens (tertiary/aromatic N) is 3. The number of halogens is 1. The Morgan fingerprint density at radius 3 is 2.95 bits per heavy atom. The number of amides is 1. The van der Waals surface area contributed by atoms with Gasteiger partial charge in [0.25, 0.3) is 5.91 Å². The van der Waals surface area contributed by atoms with Gasteiger partial charge in [0.15, 0.2) is 0 Å². The quantitative estimate of drug-likeness (QED) is 0.775. The third kappa shape index (κ3) is 2.65. The second-order valence-electron chi connectivity index (χ2n) is 4.19. The number of pyridine rings is 1. The molecule has 0 spiro atoms. The summed E-state index contributed by atoms with van der Waals surface area (Å²) in [5, 5.41) is 6.12. The first-order valence-corrected chi connectivity index (χ1v) is 7.16. The fraction of sp³-hybridized carbons (Fsp3) is 0.0769. The number of nitrogens with one attached hydrogen (secondary N) is 2. The molecule has 0 saturated carbocycles. The van der Waals surface area contributed by atoms with E-state index in [1.807, 2.05) is 0 Å². The Morgan fingerprint density at radius 1 is 1.29 bits per heavy atom. The van der Waals surface area contributed by atoms with Gasteiger partial charge < -0.3 is 10.6 Å². The van der Waals surface area contributed by atoms with Gasteiger partial charge in [-0.3, -0.25) is 9.78 Å². The molecule has 0 fully saturated rings. The Bertz CT molecular complexity index is 819. The van der Waals surface area contributed by atoms with E-state index in [1.165, 1.54) is 0 Å². The average Bonchev–Trinajstić information content (AvgIpc) is 2.99. The highest BCUT2D eigenvalue weighted by atomic mass is 35.5. The van der Waals surface area contributed by atoms with Crippen molar-refractivity contribution in [1.82, 2.24) is 13.7 Å². The van der Waals surface area contributed by atoms with Gasteiger partial charge in [-0.25, -0.2) is 0 Å². The molecule has 0 bridgehead atoms. The summed E-state index contributed by atoms with van der Waals surface area (Å²) in [5.74, 6) is -0.352. The first-order chi connectivity index (χ1) is 10.2. The van der Waals surface area contributed by atoms with Crippen molar-refractivity contribution < 1.29 is 4.79 Å². The molecule has 3 aromatic rings. The van der Waals surface area contributed by atoms with Gasteiger partial charge in [-0.1, -0.05) is 11.6 Å². The molecule has 0 unspecified atom stereocenters. The number of anilines is 2. The number of benzene rings is 1. The summed E-state index contributed by atoms with van der Waals surface area (Å²) >= 11 is 7.21. The smallest absolute Gasteiger partial charge is 0.274 e. The molecule has 0 radical (unpaired) electrons. The lowest BCUT2D eigenvalue weighted by atomic mass is 10.2. The van der Waals surface area contributed by atoms with Crippen LogP contribution in [0.25, 0.3) is 11.0 Å². The normalized spacial score (nSPS) is 10.6. The topological polar surface area (TPSA) is 79.8 Å². The summed E-state index contributed by atoms with van der Waals surface area (Å²) < 4.78 is 8.28. The predicted octanol–water partition coefficient (Wildman–Crippen LogP) is 3.03. The van der Waals surface area contributed by atoms with Crippen molar-refractivity contribution in [2.24, 2.45) is 0 Å². The second kappa shape index (κ2) is 5.63. The fourth-order valence-electron chi connectivity index (χ4n) is 1.83. The summed E-state index contributed by atoms with van der Waals surface area (Å²) in [6, 6.07) is 6.87. The number of carbonyl (C=O) groups is 1. The molecule has 0 aliphatic carbocycles. The SMILES string of the molecule is CNc1ccnc(C(=O)Nc2c(Cl)ccc3nsnc23)c1. The van der Waals surface area contributed by atoms with Crippen molar-refractivity contribution in [2.45, 2.75) is 0 Å². The summed E-state index contributed by atoms with van der Waals surface area (Å²) in [7, 11) is 1.77. The molecule has 0 saturated heterocycles. The molecule has 2 aromatic heterocycles. The first-order valence-electron chi connectivity index (χ1n) is 6.05. The Morgan fingerprint density at radius 2 is 2.14 bits per heavy atom. The highest BCUT2D eigenvalue weighted by molar-refractivity contribution is 7.00. The summed E-state index contributed by atoms with van der Waals surface area (Å²) in [4.78, 5) is 16.3. The molecule has 21 heavy (non-hydrogen) atoms. The van der Waals surface area contributed by atoms with Crippen LogP contribution in [0.15, 0.2) is 30.5 Å². The van der Waals surface area contributed by atoms with Gasteiger partial charge in [0.1, 0.15) is 16.7 Å². The molecule has 2 heterocycles. The number of rotatable bonds is 3. The minimum absolute atomic E-state index is 0.290. The van der Waals surface area contributed by atoms with Crippen molar-refractivity contribution >= 4 is 51.6 Å². The summed E-state index contributed by atoms with van der Waals surface area (Å²) in [6.07, 6.45) is 1.56. The maximum Gasteiger partial charge on any atom is 0.274 e. The molecule has 6 nitrogen and oxygen atoms in total. The number of aromatic nitrogens is 3. The maximum absolute atomic E-state index is 12.3. The van der Waals surface area contributed by atoms with Crippen LogP contribution >= 0.6 is 23.3 Å². The van der Waals surface area contributed by atoms with E-state index in [0.29, 0.717) is 21.7 Å². The Balaban J connectivity index is 1.96. The van der Waals surface area contributed by atoms with Gasteiger partial charge in [-0.2, -0.15) is 8.75 Å². The van der Waals surface area contributed by atoms with E-state index >= 15 is 0 Å². The number of hydrogen-bond donors (Lipinski definition) is 2. The van der Waals surface area contributed by atoms with Crippen LogP contribution in [0.1, 0.15) is 10.5 Å². The second-order valence-corrected chi connectivity index (χ2v) is 5.12. The molecule has 8 heteroatoms. The van der Waals surface area contributed by atoms with Crippen LogP contribution in [0.5, 0.6) is 0 Å². The van der Waals surface area contributed by atoms with Crippen LogP contribution in [0, 0.1) is 0 Å². The largest absolute Gasteiger partial charge is 0.388 e. The van der Waals surface area contributed by atoms with E-state index in [1.54, 1.807) is 37.5 Å². The van der Waals surface area contributed by atoms with Gasteiger partial charge in [0.05, 0.1) is 22.4 Å². The van der Waals surface area contributed by atoms with Crippen molar-refractivity contribution in [1.29, 1.82) is 0 Å². The molecule has 3 rings (SSSR count). The highest BCUT2D eigenvalue weighted by Gasteiger charge is 2.15. The zero-order valence-electron chi connectivity index (χ0n) is 10.9. The molecule has 2 N–H and O–H groups in total. The van der Waals surface area contributed by atoms with Crippen LogP contribution in [0.4, 0.5) is 11.4 Å². The van der Waals surface area contributed by atoms with Crippen molar-refractivity contribution in [3.63, 3.8) is 0 Å². The highest BCUT2D eigenvalue weighted by Crippen LogP contribution is 2.30. The van der Waals surface area contributed by atoms with E-state index in [0.717, 1.165) is 17.4 Å². The van der Waals surface area contributed by atoms with Gasteiger partial charge in [-0.05, 0) is 24.3 Å². The minimum Gasteiger partial charge on any atom is -0.388 e. The summed E-state index contributed by atoms with van der Waals surface area (Å²) in [6.45, 7) is 0. The monoisotopic (exact) mass is 319 g/mol. The molecule has 0 aliphatic rings. The van der Waals surface area contributed by atoms with E-state index < -0.39 is 0 Å². The van der Waals surface area contributed by atoms with E-state index in [2.05, 4.69) is 24.4 Å². The zero-order valence-corrected chi connectivity index (χ0v) is 12.5. The first kappa shape index (κ1) is 13.7. The number of hydrogen-bond acceptors (Lipinski definition) is 6. The Kier molecular flexibility index (Phi) is 3.68. The van der Waals surface area contributed by atoms with Crippen molar-refractivity contribution in [2.75, 3.05) is 17.7 Å². The third-order valence-corrected chi connectivity index (χ3v) is 3.75.